The third-order valence-electron chi connectivity index (χ3n) is 5.40. The van der Waals surface area contributed by atoms with E-state index in [0.29, 0.717) is 30.0 Å². The smallest absolute Gasteiger partial charge is 0.270 e. The summed E-state index contributed by atoms with van der Waals surface area (Å²) in [6.07, 6.45) is 4.90. The number of anilines is 1. The van der Waals surface area contributed by atoms with Gasteiger partial charge in [-0.3, -0.25) is 14.6 Å². The first-order valence-electron chi connectivity index (χ1n) is 10.9. The highest BCUT2D eigenvalue weighted by molar-refractivity contribution is 6.08. The maximum Gasteiger partial charge on any atom is 0.270 e. The SMILES string of the molecule is COc1ccc(CNC(=O)c2c(NC(=O)c3cccnc3)ccn2Cc2cccc(C)c2)cc1. The molecule has 7 heteroatoms. The maximum atomic E-state index is 13.3. The Morgan fingerprint density at radius 3 is 2.50 bits per heavy atom. The van der Waals surface area contributed by atoms with Crippen LogP contribution in [0.5, 0.6) is 5.75 Å². The summed E-state index contributed by atoms with van der Waals surface area (Å²) in [4.78, 5) is 30.0. The van der Waals surface area contributed by atoms with E-state index in [1.807, 2.05) is 60.2 Å². The number of carbonyl (C=O) groups excluding carboxylic acids is 2. The highest BCUT2D eigenvalue weighted by Gasteiger charge is 2.20. The van der Waals surface area contributed by atoms with Gasteiger partial charge in [0.1, 0.15) is 11.4 Å². The van der Waals surface area contributed by atoms with Gasteiger partial charge < -0.3 is 19.9 Å². The van der Waals surface area contributed by atoms with E-state index in [1.54, 1.807) is 31.5 Å². The van der Waals surface area contributed by atoms with Crippen LogP contribution in [0.25, 0.3) is 0 Å². The topological polar surface area (TPSA) is 85.2 Å². The molecule has 0 fully saturated rings. The van der Waals surface area contributed by atoms with E-state index < -0.39 is 0 Å². The Morgan fingerprint density at radius 2 is 1.79 bits per heavy atom. The van der Waals surface area contributed by atoms with Crippen LogP contribution in [0.1, 0.15) is 37.5 Å². The molecule has 4 rings (SSSR count). The monoisotopic (exact) mass is 454 g/mol. The summed E-state index contributed by atoms with van der Waals surface area (Å²) in [5.74, 6) is 0.142. The Hall–Kier alpha value is -4.39. The first kappa shape index (κ1) is 22.8. The molecular weight excluding hydrogens is 428 g/mol. The quantitative estimate of drug-likeness (QED) is 0.412. The van der Waals surface area contributed by atoms with Crippen LogP contribution in [-0.2, 0) is 13.1 Å². The van der Waals surface area contributed by atoms with Crippen molar-refractivity contribution >= 4 is 17.5 Å². The van der Waals surface area contributed by atoms with Crippen LogP contribution in [0, 0.1) is 6.92 Å². The Kier molecular flexibility index (Phi) is 7.03. The fourth-order valence-electron chi connectivity index (χ4n) is 3.67. The lowest BCUT2D eigenvalue weighted by molar-refractivity contribution is 0.0943. The van der Waals surface area contributed by atoms with Crippen LogP contribution in [0.3, 0.4) is 0 Å². The van der Waals surface area contributed by atoms with E-state index >= 15 is 0 Å². The van der Waals surface area contributed by atoms with Crippen LogP contribution < -0.4 is 15.4 Å². The second-order valence-corrected chi connectivity index (χ2v) is 7.92. The predicted octanol–water partition coefficient (Wildman–Crippen LogP) is 4.43. The zero-order valence-corrected chi connectivity index (χ0v) is 19.1. The van der Waals surface area contributed by atoms with Crippen molar-refractivity contribution < 1.29 is 14.3 Å². The van der Waals surface area contributed by atoms with Gasteiger partial charge in [0.05, 0.1) is 18.4 Å². The van der Waals surface area contributed by atoms with Crippen molar-refractivity contribution in [1.29, 1.82) is 0 Å². The van der Waals surface area contributed by atoms with Crippen LogP contribution in [0.4, 0.5) is 5.69 Å². The third-order valence-corrected chi connectivity index (χ3v) is 5.40. The van der Waals surface area contributed by atoms with Crippen LogP contribution >= 0.6 is 0 Å². The van der Waals surface area contributed by atoms with Crippen LogP contribution in [0.15, 0.2) is 85.3 Å². The molecule has 2 heterocycles. The highest BCUT2D eigenvalue weighted by Crippen LogP contribution is 2.21. The summed E-state index contributed by atoms with van der Waals surface area (Å²) in [7, 11) is 1.61. The molecule has 2 aromatic carbocycles. The van der Waals surface area contributed by atoms with Crippen LogP contribution in [-0.4, -0.2) is 28.5 Å². The summed E-state index contributed by atoms with van der Waals surface area (Å²) in [5.41, 5.74) is 4.37. The predicted molar refractivity (Wildman–Crippen MR) is 131 cm³/mol. The third kappa shape index (κ3) is 5.50. The van der Waals surface area contributed by atoms with Crippen molar-refractivity contribution in [3.8, 4) is 5.75 Å². The summed E-state index contributed by atoms with van der Waals surface area (Å²) in [5, 5.41) is 5.83. The molecule has 0 saturated heterocycles. The van der Waals surface area contributed by atoms with Gasteiger partial charge in [-0.15, -0.1) is 0 Å². The van der Waals surface area contributed by atoms with Gasteiger partial charge in [-0.2, -0.15) is 0 Å². The Labute approximate surface area is 198 Å². The molecule has 7 nitrogen and oxygen atoms in total. The minimum Gasteiger partial charge on any atom is -0.497 e. The molecule has 4 aromatic rings. The van der Waals surface area contributed by atoms with E-state index in [-0.39, 0.29) is 11.8 Å². The van der Waals surface area contributed by atoms with Gasteiger partial charge in [-0.05, 0) is 48.4 Å². The number of benzene rings is 2. The number of amides is 2. The molecule has 0 bridgehead atoms. The zero-order chi connectivity index (χ0) is 23.9. The molecule has 0 unspecified atom stereocenters. The molecule has 2 aromatic heterocycles. The van der Waals surface area contributed by atoms with Gasteiger partial charge >= 0.3 is 0 Å². The largest absolute Gasteiger partial charge is 0.497 e. The molecule has 0 aliphatic carbocycles. The molecule has 0 radical (unpaired) electrons. The second-order valence-electron chi connectivity index (χ2n) is 7.92. The Morgan fingerprint density at radius 1 is 0.971 bits per heavy atom. The maximum absolute atomic E-state index is 13.3. The molecule has 0 atom stereocenters. The van der Waals surface area contributed by atoms with E-state index in [0.717, 1.165) is 22.4 Å². The molecular formula is C27H26N4O3. The van der Waals surface area contributed by atoms with Crippen LogP contribution in [0.2, 0.25) is 0 Å². The summed E-state index contributed by atoms with van der Waals surface area (Å²) >= 11 is 0. The lowest BCUT2D eigenvalue weighted by atomic mass is 10.1. The normalized spacial score (nSPS) is 10.5. The molecule has 172 valence electrons. The lowest BCUT2D eigenvalue weighted by Gasteiger charge is -2.13. The zero-order valence-electron chi connectivity index (χ0n) is 19.1. The standard InChI is InChI=1S/C27H26N4O3/c1-19-5-3-6-21(15-19)18-31-14-12-24(30-26(32)22-7-4-13-28-17-22)25(31)27(33)29-16-20-8-10-23(34-2)11-9-20/h3-15,17H,16,18H2,1-2H3,(H,29,33)(H,30,32). The number of hydrogen-bond acceptors (Lipinski definition) is 4. The van der Waals surface area contributed by atoms with Gasteiger partial charge in [0.25, 0.3) is 11.8 Å². The molecule has 0 aliphatic heterocycles. The second kappa shape index (κ2) is 10.5. The van der Waals surface area contributed by atoms with Crippen molar-refractivity contribution in [3.63, 3.8) is 0 Å². The number of pyridine rings is 1. The van der Waals surface area contributed by atoms with Gasteiger partial charge in [0.15, 0.2) is 0 Å². The minimum atomic E-state index is -0.328. The number of ether oxygens (including phenoxy) is 1. The number of aryl methyl sites for hydroxylation is 1. The highest BCUT2D eigenvalue weighted by atomic mass is 16.5. The van der Waals surface area contributed by atoms with Crippen molar-refractivity contribution in [1.82, 2.24) is 14.9 Å². The van der Waals surface area contributed by atoms with Crippen molar-refractivity contribution in [2.24, 2.45) is 0 Å². The number of rotatable bonds is 8. The van der Waals surface area contributed by atoms with Gasteiger partial charge in [0.2, 0.25) is 0 Å². The number of nitrogens with one attached hydrogen (secondary N) is 2. The van der Waals surface area contributed by atoms with Crippen molar-refractivity contribution in [3.05, 3.63) is 113 Å². The number of nitrogens with zero attached hydrogens (tertiary/aromatic N) is 2. The van der Waals surface area contributed by atoms with Crippen molar-refractivity contribution in [2.45, 2.75) is 20.0 Å². The average molecular weight is 455 g/mol. The molecule has 0 saturated carbocycles. The van der Waals surface area contributed by atoms with Crippen molar-refractivity contribution in [2.75, 3.05) is 12.4 Å². The molecule has 2 N–H and O–H groups in total. The van der Waals surface area contributed by atoms with Gasteiger partial charge in [0, 0.05) is 31.7 Å². The average Bonchev–Trinajstić information content (AvgIpc) is 3.25. The van der Waals surface area contributed by atoms with Gasteiger partial charge in [-0.25, -0.2) is 0 Å². The fourth-order valence-corrected chi connectivity index (χ4v) is 3.67. The van der Waals surface area contributed by atoms with E-state index in [9.17, 15) is 9.59 Å². The van der Waals surface area contributed by atoms with E-state index in [4.69, 9.17) is 4.74 Å². The van der Waals surface area contributed by atoms with Gasteiger partial charge in [-0.1, -0.05) is 42.0 Å². The summed E-state index contributed by atoms with van der Waals surface area (Å²) < 4.78 is 7.03. The number of methoxy groups -OCH3 is 1. The Balaban J connectivity index is 1.58. The summed E-state index contributed by atoms with van der Waals surface area (Å²) in [6, 6.07) is 20.7. The first-order chi connectivity index (χ1) is 16.5. The van der Waals surface area contributed by atoms with E-state index in [1.165, 1.54) is 6.20 Å². The molecule has 0 spiro atoms. The lowest BCUT2D eigenvalue weighted by Crippen LogP contribution is -2.27. The Bertz CT molecular complexity index is 1280. The molecule has 2 amide bonds. The molecule has 34 heavy (non-hydrogen) atoms. The summed E-state index contributed by atoms with van der Waals surface area (Å²) in [6.45, 7) is 2.87. The minimum absolute atomic E-state index is 0.282. The molecule has 0 aliphatic rings. The first-order valence-corrected chi connectivity index (χ1v) is 10.9. The number of carbonyl (C=O) groups is 2. The number of hydrogen-bond donors (Lipinski definition) is 2. The number of aromatic nitrogens is 2. The fraction of sp³-hybridized carbons (Fsp3) is 0.148. The van der Waals surface area contributed by atoms with E-state index in [2.05, 4.69) is 21.7 Å².